The highest BCUT2D eigenvalue weighted by molar-refractivity contribution is 7.98. The van der Waals surface area contributed by atoms with Crippen molar-refractivity contribution >= 4 is 35.0 Å². The molecule has 0 aliphatic carbocycles. The van der Waals surface area contributed by atoms with Gasteiger partial charge in [0.2, 0.25) is 11.7 Å². The van der Waals surface area contributed by atoms with Crippen LogP contribution in [-0.2, 0) is 11.9 Å². The molecule has 0 aliphatic heterocycles. The highest BCUT2D eigenvalue weighted by Crippen LogP contribution is 2.34. The number of hydrogen-bond acceptors (Lipinski definition) is 5. The lowest BCUT2D eigenvalue weighted by Crippen LogP contribution is -2.05. The van der Waals surface area contributed by atoms with Crippen molar-refractivity contribution in [1.82, 2.24) is 15.1 Å². The van der Waals surface area contributed by atoms with E-state index in [1.54, 1.807) is 24.3 Å². The lowest BCUT2D eigenvalue weighted by molar-refractivity contribution is -0.137. The summed E-state index contributed by atoms with van der Waals surface area (Å²) in [7, 11) is 0. The standard InChI is InChI=1S/C15H8Cl2F3N3OS/c16-10-3-1-8(2-4-10)13-22-12(24-23-13)7-25-14-11(17)5-9(6-21-14)15(18,19)20/h1-6H,7H2. The Morgan fingerprint density at radius 2 is 1.84 bits per heavy atom. The molecule has 0 fully saturated rings. The Kier molecular flexibility index (Phi) is 5.21. The van der Waals surface area contributed by atoms with E-state index in [0.717, 1.165) is 29.6 Å². The van der Waals surface area contributed by atoms with E-state index in [-0.39, 0.29) is 15.8 Å². The van der Waals surface area contributed by atoms with Gasteiger partial charge in [-0.25, -0.2) is 4.98 Å². The van der Waals surface area contributed by atoms with Crippen LogP contribution in [0.5, 0.6) is 0 Å². The molecular formula is C15H8Cl2F3N3OS. The van der Waals surface area contributed by atoms with E-state index >= 15 is 0 Å². The van der Waals surface area contributed by atoms with Crippen molar-refractivity contribution in [3.8, 4) is 11.4 Å². The second kappa shape index (κ2) is 7.23. The molecule has 10 heteroatoms. The van der Waals surface area contributed by atoms with Gasteiger partial charge in [-0.05, 0) is 30.3 Å². The zero-order chi connectivity index (χ0) is 18.0. The quantitative estimate of drug-likeness (QED) is 0.517. The molecule has 3 rings (SSSR count). The highest BCUT2D eigenvalue weighted by Gasteiger charge is 2.31. The highest BCUT2D eigenvalue weighted by atomic mass is 35.5. The maximum atomic E-state index is 12.6. The zero-order valence-corrected chi connectivity index (χ0v) is 14.5. The molecule has 0 radical (unpaired) electrons. The molecule has 3 aromatic rings. The van der Waals surface area contributed by atoms with E-state index in [0.29, 0.717) is 16.7 Å². The number of halogens is 5. The minimum absolute atomic E-state index is 0.0859. The van der Waals surface area contributed by atoms with Crippen molar-refractivity contribution in [3.05, 3.63) is 58.0 Å². The molecule has 0 bridgehead atoms. The monoisotopic (exact) mass is 405 g/mol. The summed E-state index contributed by atoms with van der Waals surface area (Å²) in [5.74, 6) is 0.907. The number of aromatic nitrogens is 3. The van der Waals surface area contributed by atoms with Crippen LogP contribution in [0.1, 0.15) is 11.5 Å². The summed E-state index contributed by atoms with van der Waals surface area (Å²) >= 11 is 12.8. The number of hydrogen-bond donors (Lipinski definition) is 0. The normalized spacial score (nSPS) is 11.7. The van der Waals surface area contributed by atoms with Gasteiger partial charge in [0.25, 0.3) is 0 Å². The molecule has 2 aromatic heterocycles. The van der Waals surface area contributed by atoms with Gasteiger partial charge in [0, 0.05) is 16.8 Å². The topological polar surface area (TPSA) is 51.8 Å². The molecule has 0 saturated carbocycles. The third-order valence-corrected chi connectivity index (χ3v) is 4.68. The number of nitrogens with zero attached hydrogens (tertiary/aromatic N) is 3. The van der Waals surface area contributed by atoms with Crippen LogP contribution in [0.25, 0.3) is 11.4 Å². The van der Waals surface area contributed by atoms with Gasteiger partial charge in [0.15, 0.2) is 0 Å². The third-order valence-electron chi connectivity index (χ3n) is 3.04. The van der Waals surface area contributed by atoms with Crippen molar-refractivity contribution in [3.63, 3.8) is 0 Å². The third kappa shape index (κ3) is 4.45. The molecule has 4 nitrogen and oxygen atoms in total. The smallest absolute Gasteiger partial charge is 0.338 e. The first-order valence-corrected chi connectivity index (χ1v) is 8.51. The first-order valence-electron chi connectivity index (χ1n) is 6.77. The van der Waals surface area contributed by atoms with Gasteiger partial charge in [-0.3, -0.25) is 0 Å². The molecule has 0 spiro atoms. The van der Waals surface area contributed by atoms with Gasteiger partial charge in [0.05, 0.1) is 16.3 Å². The predicted molar refractivity (Wildman–Crippen MR) is 88.6 cm³/mol. The van der Waals surface area contributed by atoms with E-state index in [1.165, 1.54) is 0 Å². The first kappa shape index (κ1) is 18.0. The van der Waals surface area contributed by atoms with Crippen molar-refractivity contribution in [2.75, 3.05) is 0 Å². The van der Waals surface area contributed by atoms with Crippen LogP contribution in [0.15, 0.2) is 46.1 Å². The fraction of sp³-hybridized carbons (Fsp3) is 0.133. The molecule has 0 unspecified atom stereocenters. The molecule has 25 heavy (non-hydrogen) atoms. The van der Waals surface area contributed by atoms with Crippen LogP contribution in [0.3, 0.4) is 0 Å². The van der Waals surface area contributed by atoms with E-state index < -0.39 is 11.7 Å². The van der Waals surface area contributed by atoms with Gasteiger partial charge in [0.1, 0.15) is 5.03 Å². The largest absolute Gasteiger partial charge is 0.417 e. The number of rotatable bonds is 4. The minimum atomic E-state index is -4.49. The van der Waals surface area contributed by atoms with Gasteiger partial charge >= 0.3 is 6.18 Å². The zero-order valence-electron chi connectivity index (χ0n) is 12.2. The van der Waals surface area contributed by atoms with Crippen LogP contribution in [0.4, 0.5) is 13.2 Å². The fourth-order valence-corrected chi connectivity index (χ4v) is 3.00. The summed E-state index contributed by atoms with van der Waals surface area (Å²) in [6.07, 6.45) is -3.75. The van der Waals surface area contributed by atoms with Gasteiger partial charge < -0.3 is 4.52 Å². The number of alkyl halides is 3. The van der Waals surface area contributed by atoms with Gasteiger partial charge in [-0.2, -0.15) is 18.2 Å². The maximum absolute atomic E-state index is 12.6. The molecule has 2 heterocycles. The van der Waals surface area contributed by atoms with E-state index in [2.05, 4.69) is 15.1 Å². The Morgan fingerprint density at radius 3 is 2.48 bits per heavy atom. The lowest BCUT2D eigenvalue weighted by Gasteiger charge is -2.08. The Labute approximate surface area is 154 Å². The molecule has 0 aliphatic rings. The molecule has 0 amide bonds. The van der Waals surface area contributed by atoms with Crippen molar-refractivity contribution in [1.29, 1.82) is 0 Å². The van der Waals surface area contributed by atoms with Crippen LogP contribution >= 0.6 is 35.0 Å². The minimum Gasteiger partial charge on any atom is -0.338 e. The second-order valence-electron chi connectivity index (χ2n) is 4.82. The molecule has 0 N–H and O–H groups in total. The predicted octanol–water partition coefficient (Wildman–Crippen LogP) is 5.75. The average Bonchev–Trinajstić information content (AvgIpc) is 3.02. The second-order valence-corrected chi connectivity index (χ2v) is 6.62. The Hall–Kier alpha value is -1.77. The van der Waals surface area contributed by atoms with Crippen LogP contribution in [0.2, 0.25) is 10.0 Å². The summed E-state index contributed by atoms with van der Waals surface area (Å²) in [6.45, 7) is 0. The van der Waals surface area contributed by atoms with Crippen LogP contribution < -0.4 is 0 Å². The summed E-state index contributed by atoms with van der Waals surface area (Å²) in [6, 6.07) is 7.74. The van der Waals surface area contributed by atoms with Crippen LogP contribution in [-0.4, -0.2) is 15.1 Å². The summed E-state index contributed by atoms with van der Waals surface area (Å²) < 4.78 is 42.9. The van der Waals surface area contributed by atoms with E-state index in [1.807, 2.05) is 0 Å². The van der Waals surface area contributed by atoms with Gasteiger partial charge in [-0.15, -0.1) is 0 Å². The summed E-state index contributed by atoms with van der Waals surface area (Å²) in [5, 5.41) is 4.61. The summed E-state index contributed by atoms with van der Waals surface area (Å²) in [4.78, 5) is 7.96. The van der Waals surface area contributed by atoms with Crippen molar-refractivity contribution in [2.45, 2.75) is 17.0 Å². The lowest BCUT2D eigenvalue weighted by atomic mass is 10.2. The maximum Gasteiger partial charge on any atom is 0.417 e. The number of pyridine rings is 1. The Morgan fingerprint density at radius 1 is 1.12 bits per heavy atom. The first-order chi connectivity index (χ1) is 11.8. The fourth-order valence-electron chi connectivity index (χ4n) is 1.85. The Bertz CT molecular complexity index is 884. The average molecular weight is 406 g/mol. The number of thioether (sulfide) groups is 1. The van der Waals surface area contributed by atoms with E-state index in [4.69, 9.17) is 27.7 Å². The Balaban J connectivity index is 1.69. The van der Waals surface area contributed by atoms with E-state index in [9.17, 15) is 13.2 Å². The molecule has 130 valence electrons. The SMILES string of the molecule is FC(F)(F)c1cnc(SCc2nc(-c3ccc(Cl)cc3)no2)c(Cl)c1. The summed E-state index contributed by atoms with van der Waals surface area (Å²) in [5.41, 5.74) is -0.167. The molecule has 1 aromatic carbocycles. The van der Waals surface area contributed by atoms with Crippen LogP contribution in [0, 0.1) is 0 Å². The van der Waals surface area contributed by atoms with Gasteiger partial charge in [-0.1, -0.05) is 40.1 Å². The molecule has 0 saturated heterocycles. The number of benzene rings is 1. The van der Waals surface area contributed by atoms with Crippen molar-refractivity contribution in [2.24, 2.45) is 0 Å². The van der Waals surface area contributed by atoms with Crippen molar-refractivity contribution < 1.29 is 17.7 Å². The molecule has 0 atom stereocenters. The molecular weight excluding hydrogens is 398 g/mol.